The molecule has 202 valence electrons. The van der Waals surface area contributed by atoms with Gasteiger partial charge in [-0.3, -0.25) is 0 Å². The molecule has 0 atom stereocenters. The van der Waals surface area contributed by atoms with Crippen LogP contribution in [0.25, 0.3) is 23.3 Å². The second-order valence-electron chi connectivity index (χ2n) is 10.4. The maximum Gasteiger partial charge on any atom is -0.147 e. The van der Waals surface area contributed by atoms with Crippen LogP contribution >= 0.6 is 48.0 Å². The number of hydrogen-bond donors (Lipinski definition) is 0. The number of allylic oxidation sites excluding steroid dienone is 4. The van der Waals surface area contributed by atoms with E-state index in [0.29, 0.717) is 0 Å². The molecule has 0 saturated heterocycles. The molecule has 0 unspecified atom stereocenters. The monoisotopic (exact) mass is 680 g/mol. The summed E-state index contributed by atoms with van der Waals surface area (Å²) in [5.74, 6) is 0. The van der Waals surface area contributed by atoms with Crippen LogP contribution in [-0.4, -0.2) is 4.21 Å². The van der Waals surface area contributed by atoms with Crippen LogP contribution in [0.3, 0.4) is 0 Å². The summed E-state index contributed by atoms with van der Waals surface area (Å²) >= 11 is 8.59. The third-order valence-corrected chi connectivity index (χ3v) is 25.2. The van der Waals surface area contributed by atoms with Gasteiger partial charge in [-0.1, -0.05) is 0 Å². The van der Waals surface area contributed by atoms with Crippen molar-refractivity contribution < 1.29 is 18.3 Å². The fourth-order valence-electron chi connectivity index (χ4n) is 6.59. The van der Waals surface area contributed by atoms with E-state index in [9.17, 15) is 0 Å². The molecule has 4 aromatic carbocycles. The first kappa shape index (κ1) is 30.7. The van der Waals surface area contributed by atoms with Crippen molar-refractivity contribution in [3.05, 3.63) is 146 Å². The van der Waals surface area contributed by atoms with Gasteiger partial charge in [0.25, 0.3) is 0 Å². The molecule has 6 rings (SSSR count). The predicted molar refractivity (Wildman–Crippen MR) is 180 cm³/mol. The van der Waals surface area contributed by atoms with Crippen LogP contribution < -0.4 is 9.81 Å². The van der Waals surface area contributed by atoms with Crippen LogP contribution in [0, 0.1) is 0 Å². The van der Waals surface area contributed by atoms with Gasteiger partial charge in [0.15, 0.2) is 0 Å². The average Bonchev–Trinajstić information content (AvgIpc) is 3.61. The molecule has 0 amide bonds. The van der Waals surface area contributed by atoms with E-state index in [1.807, 2.05) is 24.3 Å². The predicted octanol–water partition coefficient (Wildman–Crippen LogP) is 8.94. The first-order chi connectivity index (χ1) is 18.4. The molecular weight excluding hydrogens is 653 g/mol. The molecule has 0 N–H and O–H groups in total. The van der Waals surface area contributed by atoms with Crippen molar-refractivity contribution >= 4 is 74.2 Å². The quantitative estimate of drug-likeness (QED) is 0.168. The van der Waals surface area contributed by atoms with Gasteiger partial charge in [-0.05, 0) is 0 Å². The smallest absolute Gasteiger partial charge is 0.147 e. The summed E-state index contributed by atoms with van der Waals surface area (Å²) in [6.45, 7) is 8.19. The van der Waals surface area contributed by atoms with Crippen molar-refractivity contribution in [1.82, 2.24) is 0 Å². The van der Waals surface area contributed by atoms with E-state index in [1.165, 1.54) is 35.3 Å². The second kappa shape index (κ2) is 11.6. The van der Waals surface area contributed by atoms with E-state index in [1.54, 1.807) is 0 Å². The normalized spacial score (nSPS) is 13.4. The Bertz CT molecular complexity index is 1740. The Labute approximate surface area is 260 Å². The summed E-state index contributed by atoms with van der Waals surface area (Å²) in [4.78, 5) is 0. The van der Waals surface area contributed by atoms with E-state index in [2.05, 4.69) is 98.1 Å². The molecule has 0 aromatic heterocycles. The van der Waals surface area contributed by atoms with Crippen molar-refractivity contribution in [2.45, 2.75) is 12.8 Å². The third kappa shape index (κ3) is 4.52. The van der Waals surface area contributed by atoms with Crippen molar-refractivity contribution in [2.24, 2.45) is 0 Å². The van der Waals surface area contributed by atoms with Crippen molar-refractivity contribution in [1.29, 1.82) is 0 Å². The molecule has 4 aromatic rings. The third-order valence-electron chi connectivity index (χ3n) is 8.53. The molecule has 0 heterocycles. The zero-order valence-electron chi connectivity index (χ0n) is 22.0. The van der Waals surface area contributed by atoms with E-state index >= 15 is 0 Å². The van der Waals surface area contributed by atoms with Gasteiger partial charge in [-0.2, -0.15) is 0 Å². The average molecular weight is 684 g/mol. The van der Waals surface area contributed by atoms with Crippen LogP contribution in [0.4, 0.5) is 0 Å². The molecular formula is C35H30Cl4Zr. The van der Waals surface area contributed by atoms with Crippen LogP contribution in [0.5, 0.6) is 0 Å². The first-order valence-corrected chi connectivity index (χ1v) is 20.2. The molecule has 0 spiro atoms. The summed E-state index contributed by atoms with van der Waals surface area (Å²) < 4.78 is 10.6. The van der Waals surface area contributed by atoms with Gasteiger partial charge in [0.1, 0.15) is 0 Å². The van der Waals surface area contributed by atoms with E-state index < -0.39 is 18.3 Å². The maximum atomic E-state index is 6.73. The molecule has 40 heavy (non-hydrogen) atoms. The van der Waals surface area contributed by atoms with Gasteiger partial charge in [0.05, 0.1) is 0 Å². The first-order valence-electron chi connectivity index (χ1n) is 12.8. The zero-order chi connectivity index (χ0) is 26.5. The van der Waals surface area contributed by atoms with E-state index in [4.69, 9.17) is 27.4 Å². The number of fused-ring (bicyclic) bond motifs is 3. The minimum absolute atomic E-state index is 0. The molecule has 0 nitrogen and oxygen atoms in total. The molecule has 2 aliphatic rings. The van der Waals surface area contributed by atoms with Gasteiger partial charge < -0.3 is 0 Å². The van der Waals surface area contributed by atoms with Gasteiger partial charge >= 0.3 is 237 Å². The van der Waals surface area contributed by atoms with Crippen molar-refractivity contribution in [3.63, 3.8) is 0 Å². The maximum absolute atomic E-state index is 6.73. The molecule has 5 heteroatoms. The molecule has 0 radical (unpaired) electrons. The van der Waals surface area contributed by atoms with Crippen LogP contribution in [-0.2, 0) is 24.7 Å². The van der Waals surface area contributed by atoms with Crippen LogP contribution in [0.1, 0.15) is 28.7 Å². The Hall–Kier alpha value is -2.25. The number of benzene rings is 4. The Kier molecular flexibility index (Phi) is 8.87. The largest absolute Gasteiger partial charge is 0.147 e. The molecule has 0 fully saturated rings. The Balaban J connectivity index is 0.00000185. The van der Waals surface area contributed by atoms with Crippen LogP contribution in [0.2, 0.25) is 10.0 Å². The standard InChI is InChI=1S/C17H13.2C6H4Cl.C5H5.CH2.2ClH.Zr/c1-3-12-5-7-14-11-15-8-6-13(4-2)10-17(15)16(14)9-12;2*7-6-4-2-1-3-5-6;1-2-4-5-3-1;;;;/h3-7,9-10H,1-2,11H2;2*1-2,4-5H;1-3H,4H2;1H2;2*1H;. The topological polar surface area (TPSA) is 0 Å². The zero-order valence-corrected chi connectivity index (χ0v) is 27.6. The van der Waals surface area contributed by atoms with Crippen LogP contribution in [0.15, 0.2) is 114 Å². The minimum Gasteiger partial charge on any atom is -0.147 e. The van der Waals surface area contributed by atoms with Gasteiger partial charge in [0.2, 0.25) is 0 Å². The summed E-state index contributed by atoms with van der Waals surface area (Å²) in [5, 5.41) is 1.44. The number of halogens is 4. The molecule has 0 aliphatic heterocycles. The summed E-state index contributed by atoms with van der Waals surface area (Å²) in [5.41, 5.74) is 7.41. The molecule has 0 saturated carbocycles. The SMILES string of the molecule is C=Cc1ccc2c(c1)-c1cc(C=C)c[c]([Zr](=[CH2])([C]3=CC=CC3)([c]3cccc(Cl)c3)[c]3cccc(Cl)c3)c1C2.Cl.Cl. The van der Waals surface area contributed by atoms with Gasteiger partial charge in [0, 0.05) is 0 Å². The number of rotatable bonds is 6. The molecule has 2 aliphatic carbocycles. The fraction of sp³-hybridized carbons (Fsp3) is 0.0571. The van der Waals surface area contributed by atoms with E-state index in [0.717, 1.165) is 34.0 Å². The van der Waals surface area contributed by atoms with Gasteiger partial charge in [-0.15, -0.1) is 24.8 Å². The fourth-order valence-corrected chi connectivity index (χ4v) is 23.0. The minimum atomic E-state index is -4.86. The Morgan fingerprint density at radius 1 is 0.725 bits per heavy atom. The summed E-state index contributed by atoms with van der Waals surface area (Å²) in [6, 6.07) is 28.0. The Morgan fingerprint density at radius 2 is 1.35 bits per heavy atom. The molecule has 0 bridgehead atoms. The Morgan fingerprint density at radius 3 is 1.90 bits per heavy atom. The second-order valence-corrected chi connectivity index (χ2v) is 24.2. The van der Waals surface area contributed by atoms with Gasteiger partial charge in [-0.25, -0.2) is 0 Å². The van der Waals surface area contributed by atoms with E-state index in [-0.39, 0.29) is 24.8 Å². The number of hydrogen-bond acceptors (Lipinski definition) is 0. The van der Waals surface area contributed by atoms with Crippen molar-refractivity contribution in [2.75, 3.05) is 0 Å². The summed E-state index contributed by atoms with van der Waals surface area (Å²) in [6.07, 6.45) is 12.3. The van der Waals surface area contributed by atoms with Crippen molar-refractivity contribution in [3.8, 4) is 11.1 Å². The summed E-state index contributed by atoms with van der Waals surface area (Å²) in [7, 11) is 0.